The van der Waals surface area contributed by atoms with Crippen molar-refractivity contribution >= 4 is 0 Å². The first-order valence-corrected chi connectivity index (χ1v) is 5.91. The normalized spacial score (nSPS) is 15.2. The van der Waals surface area contributed by atoms with Gasteiger partial charge in [-0.1, -0.05) is 13.8 Å². The van der Waals surface area contributed by atoms with Gasteiger partial charge in [0.1, 0.15) is 0 Å². The average molecular weight is 209 g/mol. The van der Waals surface area contributed by atoms with Gasteiger partial charge >= 0.3 is 0 Å². The van der Waals surface area contributed by atoms with Crippen LogP contribution in [0.3, 0.4) is 0 Å². The summed E-state index contributed by atoms with van der Waals surface area (Å²) in [7, 11) is 0. The summed E-state index contributed by atoms with van der Waals surface area (Å²) in [6.07, 6.45) is 5.33. The third-order valence-corrected chi connectivity index (χ3v) is 2.92. The third kappa shape index (κ3) is 3.67. The second-order valence-electron chi connectivity index (χ2n) is 4.43. The minimum absolute atomic E-state index is 0.503. The molecule has 2 unspecified atom stereocenters. The van der Waals surface area contributed by atoms with Gasteiger partial charge in [-0.15, -0.1) is 0 Å². The van der Waals surface area contributed by atoms with Gasteiger partial charge in [0.25, 0.3) is 0 Å². The zero-order valence-corrected chi connectivity index (χ0v) is 10.1. The van der Waals surface area contributed by atoms with Crippen LogP contribution in [0.15, 0.2) is 12.3 Å². The number of rotatable bonds is 6. The first-order chi connectivity index (χ1) is 7.17. The molecule has 0 fully saturated rings. The Morgan fingerprint density at radius 3 is 2.80 bits per heavy atom. The molecular formula is C12H23N3. The first-order valence-electron chi connectivity index (χ1n) is 5.91. The predicted molar refractivity (Wildman–Crippen MR) is 63.8 cm³/mol. The van der Waals surface area contributed by atoms with Crippen LogP contribution in [0.5, 0.6) is 0 Å². The van der Waals surface area contributed by atoms with E-state index in [2.05, 4.69) is 42.8 Å². The van der Waals surface area contributed by atoms with Crippen molar-refractivity contribution in [3.63, 3.8) is 0 Å². The fourth-order valence-electron chi connectivity index (χ4n) is 1.66. The van der Waals surface area contributed by atoms with E-state index in [1.165, 1.54) is 5.69 Å². The molecule has 86 valence electrons. The van der Waals surface area contributed by atoms with Crippen LogP contribution in [0.2, 0.25) is 0 Å². The van der Waals surface area contributed by atoms with Gasteiger partial charge in [0.2, 0.25) is 0 Å². The molecule has 2 atom stereocenters. The molecule has 15 heavy (non-hydrogen) atoms. The topological polar surface area (TPSA) is 43.8 Å². The lowest BCUT2D eigenvalue weighted by Crippen LogP contribution is -2.09. The molecule has 0 amide bonds. The molecule has 1 rings (SSSR count). The Kier molecular flexibility index (Phi) is 4.82. The molecule has 2 N–H and O–H groups in total. The van der Waals surface area contributed by atoms with Crippen molar-refractivity contribution in [2.45, 2.75) is 46.1 Å². The summed E-state index contributed by atoms with van der Waals surface area (Å²) in [6, 6.07) is 2.63. The summed E-state index contributed by atoms with van der Waals surface area (Å²) in [5, 5.41) is 4.58. The van der Waals surface area contributed by atoms with Crippen LogP contribution in [0.1, 0.15) is 45.3 Å². The molecule has 3 heteroatoms. The Balaban J connectivity index is 2.52. The van der Waals surface area contributed by atoms with E-state index in [1.807, 2.05) is 0 Å². The van der Waals surface area contributed by atoms with Crippen molar-refractivity contribution in [3.8, 4) is 0 Å². The van der Waals surface area contributed by atoms with Crippen molar-refractivity contribution in [1.29, 1.82) is 0 Å². The highest BCUT2D eigenvalue weighted by atomic mass is 15.3. The summed E-state index contributed by atoms with van der Waals surface area (Å²) in [6.45, 7) is 7.38. The molecule has 0 radical (unpaired) electrons. The molecule has 1 aromatic rings. The first kappa shape index (κ1) is 12.2. The number of nitrogens with two attached hydrogens (primary N) is 1. The summed E-state index contributed by atoms with van der Waals surface area (Å²) in [4.78, 5) is 0. The van der Waals surface area contributed by atoms with E-state index in [-0.39, 0.29) is 0 Å². The van der Waals surface area contributed by atoms with Gasteiger partial charge in [0, 0.05) is 12.2 Å². The molecule has 1 heterocycles. The van der Waals surface area contributed by atoms with Crippen LogP contribution >= 0.6 is 0 Å². The van der Waals surface area contributed by atoms with Gasteiger partial charge in [0.15, 0.2) is 0 Å². The molecule has 0 aliphatic carbocycles. The monoisotopic (exact) mass is 209 g/mol. The maximum atomic E-state index is 5.53. The van der Waals surface area contributed by atoms with Crippen LogP contribution in [-0.2, 0) is 6.42 Å². The number of nitrogens with zero attached hydrogens (tertiary/aromatic N) is 2. The van der Waals surface area contributed by atoms with Crippen LogP contribution in [0.4, 0.5) is 0 Å². The summed E-state index contributed by atoms with van der Waals surface area (Å²) < 4.78 is 2.06. The van der Waals surface area contributed by atoms with E-state index in [4.69, 9.17) is 5.73 Å². The maximum Gasteiger partial charge on any atom is 0.0627 e. The molecule has 0 aliphatic rings. The molecule has 0 spiro atoms. The molecular weight excluding hydrogens is 186 g/mol. The zero-order valence-electron chi connectivity index (χ0n) is 10.1. The van der Waals surface area contributed by atoms with E-state index in [0.717, 1.165) is 25.8 Å². The third-order valence-electron chi connectivity index (χ3n) is 2.92. The smallest absolute Gasteiger partial charge is 0.0627 e. The van der Waals surface area contributed by atoms with Crippen molar-refractivity contribution in [2.75, 3.05) is 6.54 Å². The van der Waals surface area contributed by atoms with Gasteiger partial charge in [-0.05, 0) is 44.7 Å². The average Bonchev–Trinajstić information content (AvgIpc) is 2.65. The largest absolute Gasteiger partial charge is 0.330 e. The lowest BCUT2D eigenvalue weighted by atomic mass is 10.0. The maximum absolute atomic E-state index is 5.53. The minimum atomic E-state index is 0.503. The van der Waals surface area contributed by atoms with Crippen molar-refractivity contribution < 1.29 is 0 Å². The van der Waals surface area contributed by atoms with Gasteiger partial charge in [0.05, 0.1) is 5.69 Å². The molecule has 0 aliphatic heterocycles. The van der Waals surface area contributed by atoms with Crippen molar-refractivity contribution in [3.05, 3.63) is 18.0 Å². The summed E-state index contributed by atoms with van der Waals surface area (Å²) in [5.41, 5.74) is 6.72. The Bertz CT molecular complexity index is 280. The lowest BCUT2D eigenvalue weighted by molar-refractivity contribution is 0.464. The highest BCUT2D eigenvalue weighted by molar-refractivity contribution is 5.00. The van der Waals surface area contributed by atoms with Crippen molar-refractivity contribution in [2.24, 2.45) is 11.7 Å². The number of hydrogen-bond donors (Lipinski definition) is 1. The standard InChI is InChI=1S/C12H23N3/c1-4-11(3)15-8-6-12(14-15)9-10(2)5-7-13/h6,8,10-11H,4-5,7,9,13H2,1-3H3. The van der Waals surface area contributed by atoms with E-state index in [1.54, 1.807) is 0 Å². The van der Waals surface area contributed by atoms with E-state index >= 15 is 0 Å². The van der Waals surface area contributed by atoms with Crippen LogP contribution in [-0.4, -0.2) is 16.3 Å². The van der Waals surface area contributed by atoms with E-state index in [9.17, 15) is 0 Å². The number of aromatic nitrogens is 2. The predicted octanol–water partition coefficient (Wildman–Crippen LogP) is 2.38. The number of hydrogen-bond acceptors (Lipinski definition) is 2. The SMILES string of the molecule is CCC(C)n1ccc(CC(C)CCN)n1. The van der Waals surface area contributed by atoms with E-state index < -0.39 is 0 Å². The van der Waals surface area contributed by atoms with Gasteiger partial charge < -0.3 is 5.73 Å². The summed E-state index contributed by atoms with van der Waals surface area (Å²) >= 11 is 0. The second-order valence-corrected chi connectivity index (χ2v) is 4.43. The minimum Gasteiger partial charge on any atom is -0.330 e. The molecule has 0 saturated carbocycles. The highest BCUT2D eigenvalue weighted by Crippen LogP contribution is 2.13. The fourth-order valence-corrected chi connectivity index (χ4v) is 1.66. The Labute approximate surface area is 92.7 Å². The summed E-state index contributed by atoms with van der Waals surface area (Å²) in [5.74, 6) is 0.635. The van der Waals surface area contributed by atoms with Gasteiger partial charge in [-0.3, -0.25) is 4.68 Å². The zero-order chi connectivity index (χ0) is 11.3. The molecule has 0 bridgehead atoms. The van der Waals surface area contributed by atoms with Crippen molar-refractivity contribution in [1.82, 2.24) is 9.78 Å². The fraction of sp³-hybridized carbons (Fsp3) is 0.750. The van der Waals surface area contributed by atoms with Gasteiger partial charge in [-0.2, -0.15) is 5.10 Å². The van der Waals surface area contributed by atoms with Gasteiger partial charge in [-0.25, -0.2) is 0 Å². The Morgan fingerprint density at radius 1 is 1.47 bits per heavy atom. The van der Waals surface area contributed by atoms with Crippen LogP contribution in [0, 0.1) is 5.92 Å². The quantitative estimate of drug-likeness (QED) is 0.781. The van der Waals surface area contributed by atoms with Crippen LogP contribution < -0.4 is 5.73 Å². The van der Waals surface area contributed by atoms with E-state index in [0.29, 0.717) is 12.0 Å². The molecule has 0 saturated heterocycles. The second kappa shape index (κ2) is 5.91. The molecule has 0 aromatic carbocycles. The molecule has 1 aromatic heterocycles. The highest BCUT2D eigenvalue weighted by Gasteiger charge is 2.07. The molecule has 3 nitrogen and oxygen atoms in total. The Hall–Kier alpha value is -0.830. The van der Waals surface area contributed by atoms with Crippen LogP contribution in [0.25, 0.3) is 0 Å². The lowest BCUT2D eigenvalue weighted by Gasteiger charge is -2.09. The Morgan fingerprint density at radius 2 is 2.20 bits per heavy atom.